The van der Waals surface area contributed by atoms with E-state index in [0.29, 0.717) is 25.2 Å². The molecule has 1 heterocycles. The first-order valence-electron chi connectivity index (χ1n) is 5.94. The van der Waals surface area contributed by atoms with Crippen molar-refractivity contribution in [2.45, 2.75) is 26.4 Å². The van der Waals surface area contributed by atoms with Crippen molar-refractivity contribution in [3.05, 3.63) is 12.4 Å². The van der Waals surface area contributed by atoms with Crippen LogP contribution in [0.25, 0.3) is 0 Å². The highest BCUT2D eigenvalue weighted by Crippen LogP contribution is 2.12. The molecule has 98 valence electrons. The highest BCUT2D eigenvalue weighted by Gasteiger charge is 2.13. The van der Waals surface area contributed by atoms with Crippen LogP contribution in [0.2, 0.25) is 0 Å². The van der Waals surface area contributed by atoms with Gasteiger partial charge in [0.1, 0.15) is 0 Å². The van der Waals surface area contributed by atoms with Gasteiger partial charge in [-0.05, 0) is 5.92 Å². The Kier molecular flexibility index (Phi) is 6.00. The van der Waals surface area contributed by atoms with Gasteiger partial charge in [0.05, 0.1) is 37.7 Å². The molecule has 1 atom stereocenters. The summed E-state index contributed by atoms with van der Waals surface area (Å²) >= 11 is 0. The Labute approximate surface area is 103 Å². The Morgan fingerprint density at radius 2 is 2.12 bits per heavy atom. The van der Waals surface area contributed by atoms with E-state index in [9.17, 15) is 0 Å². The van der Waals surface area contributed by atoms with E-state index in [1.54, 1.807) is 14.2 Å². The molecule has 0 bridgehead atoms. The van der Waals surface area contributed by atoms with Gasteiger partial charge in [0.2, 0.25) is 0 Å². The summed E-state index contributed by atoms with van der Waals surface area (Å²) in [6.07, 6.45) is 3.82. The number of hydrogen-bond acceptors (Lipinski definition) is 4. The standard InChI is InChI=1S/C12H23N3O2/c1-10(2)12(9-17-4)14-11-7-13-15(8-11)5-6-16-3/h7-8,10,12,14H,5-6,9H2,1-4H3. The average molecular weight is 241 g/mol. The molecule has 5 nitrogen and oxygen atoms in total. The second-order valence-electron chi connectivity index (χ2n) is 4.44. The van der Waals surface area contributed by atoms with Crippen LogP contribution in [0, 0.1) is 5.92 Å². The summed E-state index contributed by atoms with van der Waals surface area (Å²) in [5.41, 5.74) is 1.02. The van der Waals surface area contributed by atoms with Crippen molar-refractivity contribution >= 4 is 5.69 Å². The van der Waals surface area contributed by atoms with Gasteiger partial charge in [0.15, 0.2) is 0 Å². The lowest BCUT2D eigenvalue weighted by atomic mass is 10.1. The molecule has 0 spiro atoms. The Bertz CT molecular complexity index is 312. The molecule has 1 aromatic heterocycles. The van der Waals surface area contributed by atoms with E-state index < -0.39 is 0 Å². The maximum atomic E-state index is 5.20. The van der Waals surface area contributed by atoms with Crippen LogP contribution >= 0.6 is 0 Å². The van der Waals surface area contributed by atoms with E-state index in [1.807, 2.05) is 17.1 Å². The van der Waals surface area contributed by atoms with Crippen LogP contribution in [0.15, 0.2) is 12.4 Å². The summed E-state index contributed by atoms with van der Waals surface area (Å²) in [7, 11) is 3.41. The van der Waals surface area contributed by atoms with Gasteiger partial charge >= 0.3 is 0 Å². The molecule has 0 aromatic carbocycles. The van der Waals surface area contributed by atoms with Crippen LogP contribution in [0.4, 0.5) is 5.69 Å². The van der Waals surface area contributed by atoms with Crippen molar-refractivity contribution in [3.63, 3.8) is 0 Å². The van der Waals surface area contributed by atoms with Gasteiger partial charge in [0, 0.05) is 20.4 Å². The molecule has 1 aromatic rings. The maximum absolute atomic E-state index is 5.20. The van der Waals surface area contributed by atoms with Crippen LogP contribution in [0.5, 0.6) is 0 Å². The number of hydrogen-bond donors (Lipinski definition) is 1. The van der Waals surface area contributed by atoms with Crippen LogP contribution in [0.1, 0.15) is 13.8 Å². The molecule has 0 fully saturated rings. The van der Waals surface area contributed by atoms with Crippen molar-refractivity contribution in [2.75, 3.05) is 32.8 Å². The SMILES string of the molecule is COCCn1cc(NC(COC)C(C)C)cn1. The summed E-state index contributed by atoms with van der Waals surface area (Å²) in [6, 6.07) is 0.306. The second-order valence-corrected chi connectivity index (χ2v) is 4.44. The molecule has 17 heavy (non-hydrogen) atoms. The number of nitrogens with one attached hydrogen (secondary N) is 1. The molecule has 0 aliphatic carbocycles. The number of rotatable bonds is 8. The summed E-state index contributed by atoms with van der Waals surface area (Å²) in [6.45, 7) is 6.49. The number of anilines is 1. The second kappa shape index (κ2) is 7.29. The molecule has 0 aliphatic rings. The monoisotopic (exact) mass is 241 g/mol. The van der Waals surface area contributed by atoms with Gasteiger partial charge in [-0.15, -0.1) is 0 Å². The fraction of sp³-hybridized carbons (Fsp3) is 0.750. The van der Waals surface area contributed by atoms with Gasteiger partial charge in [-0.2, -0.15) is 5.10 Å². The van der Waals surface area contributed by atoms with Gasteiger partial charge in [-0.25, -0.2) is 0 Å². The topological polar surface area (TPSA) is 48.3 Å². The smallest absolute Gasteiger partial charge is 0.0729 e. The quantitative estimate of drug-likeness (QED) is 0.751. The third-order valence-electron chi connectivity index (χ3n) is 2.66. The molecular weight excluding hydrogens is 218 g/mol. The Balaban J connectivity index is 2.51. The maximum Gasteiger partial charge on any atom is 0.0729 e. The van der Waals surface area contributed by atoms with E-state index in [2.05, 4.69) is 24.3 Å². The molecule has 0 amide bonds. The van der Waals surface area contributed by atoms with Crippen LogP contribution in [-0.2, 0) is 16.0 Å². The average Bonchev–Trinajstić information content (AvgIpc) is 2.73. The fourth-order valence-corrected chi connectivity index (χ4v) is 1.54. The lowest BCUT2D eigenvalue weighted by Gasteiger charge is -2.21. The van der Waals surface area contributed by atoms with Crippen molar-refractivity contribution in [3.8, 4) is 0 Å². The van der Waals surface area contributed by atoms with Crippen molar-refractivity contribution < 1.29 is 9.47 Å². The van der Waals surface area contributed by atoms with E-state index in [4.69, 9.17) is 9.47 Å². The molecule has 5 heteroatoms. The minimum Gasteiger partial charge on any atom is -0.383 e. The molecular formula is C12H23N3O2. The van der Waals surface area contributed by atoms with E-state index in [1.165, 1.54) is 0 Å². The minimum absolute atomic E-state index is 0.306. The Hall–Kier alpha value is -1.07. The fourth-order valence-electron chi connectivity index (χ4n) is 1.54. The first kappa shape index (κ1) is 14.0. The highest BCUT2D eigenvalue weighted by atomic mass is 16.5. The van der Waals surface area contributed by atoms with E-state index >= 15 is 0 Å². The molecule has 0 saturated heterocycles. The number of aromatic nitrogens is 2. The van der Waals surface area contributed by atoms with Crippen LogP contribution in [0.3, 0.4) is 0 Å². The first-order chi connectivity index (χ1) is 8.17. The minimum atomic E-state index is 0.306. The highest BCUT2D eigenvalue weighted by molar-refractivity contribution is 5.39. The molecule has 0 aliphatic heterocycles. The molecule has 1 unspecified atom stereocenters. The third-order valence-corrected chi connectivity index (χ3v) is 2.66. The number of nitrogens with zero attached hydrogens (tertiary/aromatic N) is 2. The number of methoxy groups -OCH3 is 2. The predicted molar refractivity (Wildman–Crippen MR) is 68.2 cm³/mol. The summed E-state index contributed by atoms with van der Waals surface area (Å²) in [5.74, 6) is 0.511. The Morgan fingerprint density at radius 1 is 1.35 bits per heavy atom. The van der Waals surface area contributed by atoms with Gasteiger partial charge < -0.3 is 14.8 Å². The molecule has 0 radical (unpaired) electrons. The normalized spacial score (nSPS) is 13.0. The Morgan fingerprint density at radius 3 is 2.71 bits per heavy atom. The van der Waals surface area contributed by atoms with E-state index in [-0.39, 0.29) is 0 Å². The van der Waals surface area contributed by atoms with Crippen LogP contribution in [-0.4, -0.2) is 43.3 Å². The first-order valence-corrected chi connectivity index (χ1v) is 5.94. The summed E-state index contributed by atoms with van der Waals surface area (Å²) in [5, 5.41) is 7.69. The van der Waals surface area contributed by atoms with Crippen molar-refractivity contribution in [2.24, 2.45) is 5.92 Å². The van der Waals surface area contributed by atoms with Gasteiger partial charge in [0.25, 0.3) is 0 Å². The van der Waals surface area contributed by atoms with E-state index in [0.717, 1.165) is 12.2 Å². The van der Waals surface area contributed by atoms with Gasteiger partial charge in [-0.1, -0.05) is 13.8 Å². The zero-order valence-corrected chi connectivity index (χ0v) is 11.1. The zero-order valence-electron chi connectivity index (χ0n) is 11.1. The number of ether oxygens (including phenoxy) is 2. The molecule has 1 N–H and O–H groups in total. The largest absolute Gasteiger partial charge is 0.383 e. The summed E-state index contributed by atoms with van der Waals surface area (Å²) < 4.78 is 12.1. The van der Waals surface area contributed by atoms with Crippen molar-refractivity contribution in [1.29, 1.82) is 0 Å². The molecule has 0 saturated carbocycles. The third kappa shape index (κ3) is 4.75. The predicted octanol–water partition coefficient (Wildman–Crippen LogP) is 1.61. The summed E-state index contributed by atoms with van der Waals surface area (Å²) in [4.78, 5) is 0. The lowest BCUT2D eigenvalue weighted by Crippen LogP contribution is -2.30. The molecule has 1 rings (SSSR count). The van der Waals surface area contributed by atoms with Gasteiger partial charge in [-0.3, -0.25) is 4.68 Å². The zero-order chi connectivity index (χ0) is 12.7. The lowest BCUT2D eigenvalue weighted by molar-refractivity contribution is 0.171. The van der Waals surface area contributed by atoms with Crippen LogP contribution < -0.4 is 5.32 Å². The van der Waals surface area contributed by atoms with Crippen molar-refractivity contribution in [1.82, 2.24) is 9.78 Å².